The van der Waals surface area contributed by atoms with E-state index in [0.717, 1.165) is 31.7 Å². The van der Waals surface area contributed by atoms with Crippen LogP contribution in [-0.4, -0.2) is 74.9 Å². The van der Waals surface area contributed by atoms with Gasteiger partial charge in [0.05, 0.1) is 0 Å². The van der Waals surface area contributed by atoms with E-state index in [0.29, 0.717) is 59.9 Å². The van der Waals surface area contributed by atoms with Crippen LogP contribution in [0.5, 0.6) is 0 Å². The molecule has 11 heteroatoms. The van der Waals surface area contributed by atoms with Gasteiger partial charge in [0.2, 0.25) is 5.95 Å². The number of aromatic nitrogens is 4. The van der Waals surface area contributed by atoms with Crippen LogP contribution in [-0.2, 0) is 17.3 Å². The molecule has 0 radical (unpaired) electrons. The van der Waals surface area contributed by atoms with E-state index in [2.05, 4.69) is 25.4 Å². The van der Waals surface area contributed by atoms with Crippen molar-refractivity contribution in [3.63, 3.8) is 0 Å². The van der Waals surface area contributed by atoms with Crippen LogP contribution < -0.4 is 20.4 Å². The summed E-state index contributed by atoms with van der Waals surface area (Å²) in [4.78, 5) is 23.3. The molecule has 9 nitrogen and oxygen atoms in total. The smallest absolute Gasteiger partial charge is 0.229 e. The van der Waals surface area contributed by atoms with Gasteiger partial charge in [-0.25, -0.2) is 9.97 Å². The van der Waals surface area contributed by atoms with Crippen LogP contribution in [0.1, 0.15) is 5.56 Å². The van der Waals surface area contributed by atoms with Crippen molar-refractivity contribution in [2.45, 2.75) is 6.54 Å². The number of hydrogen-bond acceptors (Lipinski definition) is 9. The maximum Gasteiger partial charge on any atom is 0.229 e. The highest BCUT2D eigenvalue weighted by Gasteiger charge is 2.24. The third-order valence-corrected chi connectivity index (χ3v) is 7.18. The highest BCUT2D eigenvalue weighted by atomic mass is 35.5. The van der Waals surface area contributed by atoms with Crippen LogP contribution in [0.25, 0.3) is 11.2 Å². The standard InChI is InChI=1S/C21H25ClN8OS/c22-17-19(24-14-15-4-2-1-3-5-15)26-18-16(25-17)20(29-10-12-32(31)13-11-29)28-21(27-18)30-8-6-23-7-9-30/h1-5,23H,6-14H2,(H,24,26,27,28). The summed E-state index contributed by atoms with van der Waals surface area (Å²) in [6, 6.07) is 10.1. The number of anilines is 3. The summed E-state index contributed by atoms with van der Waals surface area (Å²) in [5.41, 5.74) is 2.21. The molecule has 168 valence electrons. The Morgan fingerprint density at radius 3 is 2.47 bits per heavy atom. The molecule has 0 atom stereocenters. The van der Waals surface area contributed by atoms with E-state index in [-0.39, 0.29) is 5.15 Å². The zero-order chi connectivity index (χ0) is 21.9. The molecule has 2 aliphatic heterocycles. The summed E-state index contributed by atoms with van der Waals surface area (Å²) in [7, 11) is -0.783. The highest BCUT2D eigenvalue weighted by molar-refractivity contribution is 7.85. The minimum Gasteiger partial charge on any atom is -0.363 e. The van der Waals surface area contributed by atoms with Crippen LogP contribution in [0.2, 0.25) is 5.15 Å². The van der Waals surface area contributed by atoms with E-state index in [9.17, 15) is 4.21 Å². The largest absolute Gasteiger partial charge is 0.363 e. The van der Waals surface area contributed by atoms with Crippen LogP contribution in [0.3, 0.4) is 0 Å². The second-order valence-electron chi connectivity index (χ2n) is 7.79. The number of nitrogens with zero attached hydrogens (tertiary/aromatic N) is 6. The molecule has 4 heterocycles. The molecule has 2 aromatic heterocycles. The lowest BCUT2D eigenvalue weighted by molar-refractivity contribution is 0.580. The molecule has 0 spiro atoms. The Hall–Kier alpha value is -2.56. The van der Waals surface area contributed by atoms with Gasteiger partial charge in [-0.3, -0.25) is 4.21 Å². The average Bonchev–Trinajstić information content (AvgIpc) is 2.84. The Kier molecular flexibility index (Phi) is 6.33. The molecule has 5 rings (SSSR count). The van der Waals surface area contributed by atoms with Gasteiger partial charge in [0.15, 0.2) is 28.0 Å². The van der Waals surface area contributed by atoms with E-state index in [1.807, 2.05) is 30.3 Å². The van der Waals surface area contributed by atoms with Gasteiger partial charge in [0.1, 0.15) is 0 Å². The lowest BCUT2D eigenvalue weighted by Crippen LogP contribution is -2.44. The summed E-state index contributed by atoms with van der Waals surface area (Å²) in [5, 5.41) is 6.92. The van der Waals surface area contributed by atoms with Crippen LogP contribution in [0, 0.1) is 0 Å². The molecule has 2 fully saturated rings. The van der Waals surface area contributed by atoms with Gasteiger partial charge in [-0.1, -0.05) is 41.9 Å². The van der Waals surface area contributed by atoms with Gasteiger partial charge in [0, 0.05) is 68.1 Å². The van der Waals surface area contributed by atoms with Gasteiger partial charge in [-0.15, -0.1) is 0 Å². The Labute approximate surface area is 194 Å². The summed E-state index contributed by atoms with van der Waals surface area (Å²) < 4.78 is 11.9. The molecule has 1 aromatic carbocycles. The number of hydrogen-bond donors (Lipinski definition) is 2. The SMILES string of the molecule is O=S1CCN(c2nc(N3CCNCC3)nc3nc(NCc4ccccc4)c(Cl)nc23)CC1. The maximum absolute atomic E-state index is 11.9. The average molecular weight is 473 g/mol. The minimum atomic E-state index is -0.783. The van der Waals surface area contributed by atoms with Gasteiger partial charge < -0.3 is 20.4 Å². The molecule has 0 saturated carbocycles. The van der Waals surface area contributed by atoms with Crippen molar-refractivity contribution in [1.82, 2.24) is 25.3 Å². The zero-order valence-corrected chi connectivity index (χ0v) is 19.2. The lowest BCUT2D eigenvalue weighted by Gasteiger charge is -2.31. The summed E-state index contributed by atoms with van der Waals surface area (Å²) in [6.45, 7) is 5.33. The van der Waals surface area contributed by atoms with E-state index in [1.54, 1.807) is 0 Å². The fourth-order valence-corrected chi connectivity index (χ4v) is 5.12. The van der Waals surface area contributed by atoms with Crippen molar-refractivity contribution in [2.24, 2.45) is 0 Å². The first-order chi connectivity index (χ1) is 15.7. The van der Waals surface area contributed by atoms with Gasteiger partial charge in [-0.05, 0) is 5.56 Å². The van der Waals surface area contributed by atoms with Crippen molar-refractivity contribution in [3.8, 4) is 0 Å². The van der Waals surface area contributed by atoms with Crippen molar-refractivity contribution in [2.75, 3.05) is 65.9 Å². The fraction of sp³-hybridized carbons (Fsp3) is 0.429. The minimum absolute atomic E-state index is 0.286. The maximum atomic E-state index is 11.9. The first-order valence-corrected chi connectivity index (χ1v) is 12.6. The molecule has 2 N–H and O–H groups in total. The monoisotopic (exact) mass is 472 g/mol. The zero-order valence-electron chi connectivity index (χ0n) is 17.6. The first-order valence-electron chi connectivity index (χ1n) is 10.8. The normalized spacial score (nSPS) is 17.7. The van der Waals surface area contributed by atoms with E-state index in [4.69, 9.17) is 26.6 Å². The van der Waals surface area contributed by atoms with Crippen molar-refractivity contribution in [3.05, 3.63) is 41.0 Å². The van der Waals surface area contributed by atoms with Crippen LogP contribution >= 0.6 is 11.6 Å². The topological polar surface area (TPSA) is 99.2 Å². The summed E-state index contributed by atoms with van der Waals surface area (Å²) >= 11 is 6.51. The number of piperazine rings is 1. The predicted octanol–water partition coefficient (Wildman–Crippen LogP) is 1.66. The van der Waals surface area contributed by atoms with Gasteiger partial charge in [-0.2, -0.15) is 9.97 Å². The number of nitrogens with one attached hydrogen (secondary N) is 2. The summed E-state index contributed by atoms with van der Waals surface area (Å²) in [5.74, 6) is 3.09. The molecule has 0 aliphatic carbocycles. The predicted molar refractivity (Wildman–Crippen MR) is 129 cm³/mol. The number of benzene rings is 1. The van der Waals surface area contributed by atoms with Crippen LogP contribution in [0.15, 0.2) is 30.3 Å². The Balaban J connectivity index is 1.52. The Bertz CT molecular complexity index is 1120. The molecular formula is C21H25ClN8OS. The van der Waals surface area contributed by atoms with E-state index < -0.39 is 10.8 Å². The molecule has 2 saturated heterocycles. The molecular weight excluding hydrogens is 448 g/mol. The van der Waals surface area contributed by atoms with Crippen molar-refractivity contribution >= 4 is 51.1 Å². The van der Waals surface area contributed by atoms with Gasteiger partial charge in [0.25, 0.3) is 0 Å². The second-order valence-corrected chi connectivity index (χ2v) is 9.85. The van der Waals surface area contributed by atoms with Gasteiger partial charge >= 0.3 is 0 Å². The fourth-order valence-electron chi connectivity index (χ4n) is 3.87. The molecule has 0 bridgehead atoms. The summed E-state index contributed by atoms with van der Waals surface area (Å²) in [6.07, 6.45) is 0. The third-order valence-electron chi connectivity index (χ3n) is 5.64. The van der Waals surface area contributed by atoms with E-state index in [1.165, 1.54) is 0 Å². The molecule has 0 amide bonds. The second kappa shape index (κ2) is 9.51. The van der Waals surface area contributed by atoms with Crippen molar-refractivity contribution < 1.29 is 4.21 Å². The first kappa shape index (κ1) is 21.3. The number of fused-ring (bicyclic) bond motifs is 1. The van der Waals surface area contributed by atoms with Crippen LogP contribution in [0.4, 0.5) is 17.6 Å². The quantitative estimate of drug-likeness (QED) is 0.574. The molecule has 32 heavy (non-hydrogen) atoms. The van der Waals surface area contributed by atoms with Crippen molar-refractivity contribution in [1.29, 1.82) is 0 Å². The molecule has 3 aromatic rings. The number of rotatable bonds is 5. The molecule has 2 aliphatic rings. The Morgan fingerprint density at radius 1 is 0.969 bits per heavy atom. The third kappa shape index (κ3) is 4.62. The van der Waals surface area contributed by atoms with E-state index >= 15 is 0 Å². The lowest BCUT2D eigenvalue weighted by atomic mass is 10.2. The highest BCUT2D eigenvalue weighted by Crippen LogP contribution is 2.29. The number of halogens is 1. The molecule has 0 unspecified atom stereocenters. The Morgan fingerprint density at radius 2 is 1.72 bits per heavy atom.